The van der Waals surface area contributed by atoms with E-state index >= 15 is 0 Å². The first kappa shape index (κ1) is 10.8. The van der Waals surface area contributed by atoms with Gasteiger partial charge in [0.15, 0.2) is 4.77 Å². The van der Waals surface area contributed by atoms with Crippen LogP contribution in [0.3, 0.4) is 0 Å². The van der Waals surface area contributed by atoms with E-state index in [1.54, 1.807) is 0 Å². The second-order valence-electron chi connectivity index (χ2n) is 4.76. The molecule has 2 nitrogen and oxygen atoms in total. The van der Waals surface area contributed by atoms with E-state index in [2.05, 4.69) is 34.2 Å². The van der Waals surface area contributed by atoms with Gasteiger partial charge in [0, 0.05) is 6.20 Å². The van der Waals surface area contributed by atoms with Gasteiger partial charge in [-0.2, -0.15) is 0 Å². The molecule has 3 rings (SSSR count). The molecule has 1 fully saturated rings. The van der Waals surface area contributed by atoms with Gasteiger partial charge in [0.25, 0.3) is 0 Å². The van der Waals surface area contributed by atoms with Crippen LogP contribution in [0.4, 0.5) is 0 Å². The average Bonchev–Trinajstić information content (AvgIpc) is 3.00. The van der Waals surface area contributed by atoms with Crippen LogP contribution >= 0.6 is 12.2 Å². The summed E-state index contributed by atoms with van der Waals surface area (Å²) in [7, 11) is 0. The third-order valence-electron chi connectivity index (χ3n) is 3.64. The van der Waals surface area contributed by atoms with Crippen molar-refractivity contribution in [3.8, 4) is 11.3 Å². The van der Waals surface area contributed by atoms with E-state index in [-0.39, 0.29) is 0 Å². The molecule has 17 heavy (non-hydrogen) atoms. The van der Waals surface area contributed by atoms with Crippen LogP contribution < -0.4 is 0 Å². The van der Waals surface area contributed by atoms with Gasteiger partial charge in [0.05, 0.1) is 5.69 Å². The summed E-state index contributed by atoms with van der Waals surface area (Å²) >= 11 is 5.03. The van der Waals surface area contributed by atoms with Crippen LogP contribution in [-0.2, 0) is 0 Å². The first-order valence-electron chi connectivity index (χ1n) is 6.21. The molecule has 0 aliphatic heterocycles. The maximum Gasteiger partial charge on any atom is 0.174 e. The number of nitrogens with one attached hydrogen (secondary N) is 2. The SMILES string of the molecule is S=c1[nH]cc(-c2ccc(C3CCCC3)cc2)[nH]1. The van der Waals surface area contributed by atoms with E-state index in [1.165, 1.54) is 36.8 Å². The highest BCUT2D eigenvalue weighted by atomic mass is 32.1. The molecule has 1 saturated carbocycles. The molecule has 0 saturated heterocycles. The second-order valence-corrected chi connectivity index (χ2v) is 5.17. The summed E-state index contributed by atoms with van der Waals surface area (Å²) in [4.78, 5) is 6.14. The van der Waals surface area contributed by atoms with E-state index in [1.807, 2.05) is 6.20 Å². The summed E-state index contributed by atoms with van der Waals surface area (Å²) in [5, 5.41) is 0. The molecule has 0 atom stereocenters. The fourth-order valence-corrected chi connectivity index (χ4v) is 2.85. The van der Waals surface area contributed by atoms with Crippen molar-refractivity contribution in [3.05, 3.63) is 40.8 Å². The zero-order chi connectivity index (χ0) is 11.7. The van der Waals surface area contributed by atoms with Crippen LogP contribution in [0.1, 0.15) is 37.2 Å². The lowest BCUT2D eigenvalue weighted by Crippen LogP contribution is -1.91. The van der Waals surface area contributed by atoms with E-state index in [0.29, 0.717) is 4.77 Å². The Labute approximate surface area is 106 Å². The number of rotatable bonds is 2. The van der Waals surface area contributed by atoms with Crippen LogP contribution in [0.25, 0.3) is 11.3 Å². The van der Waals surface area contributed by atoms with Crippen LogP contribution in [0.15, 0.2) is 30.5 Å². The van der Waals surface area contributed by atoms with E-state index in [0.717, 1.165) is 11.6 Å². The van der Waals surface area contributed by atoms with Crippen molar-refractivity contribution in [1.29, 1.82) is 0 Å². The highest BCUT2D eigenvalue weighted by molar-refractivity contribution is 7.71. The van der Waals surface area contributed by atoms with E-state index in [4.69, 9.17) is 12.2 Å². The molecular weight excluding hydrogens is 228 g/mol. The van der Waals surface area contributed by atoms with Gasteiger partial charge < -0.3 is 9.97 Å². The zero-order valence-electron chi connectivity index (χ0n) is 9.70. The van der Waals surface area contributed by atoms with Crippen molar-refractivity contribution in [2.45, 2.75) is 31.6 Å². The van der Waals surface area contributed by atoms with Crippen LogP contribution in [0.5, 0.6) is 0 Å². The Balaban J connectivity index is 1.86. The molecule has 2 aromatic rings. The number of aromatic amines is 2. The predicted octanol–water partition coefficient (Wildman–Crippen LogP) is 4.40. The fourth-order valence-electron chi connectivity index (χ4n) is 2.68. The average molecular weight is 244 g/mol. The molecule has 0 radical (unpaired) electrons. The first-order valence-corrected chi connectivity index (χ1v) is 6.62. The monoisotopic (exact) mass is 244 g/mol. The third kappa shape index (κ3) is 2.20. The van der Waals surface area contributed by atoms with Crippen molar-refractivity contribution >= 4 is 12.2 Å². The maximum atomic E-state index is 5.03. The van der Waals surface area contributed by atoms with Crippen molar-refractivity contribution in [1.82, 2.24) is 9.97 Å². The lowest BCUT2D eigenvalue weighted by Gasteiger charge is -2.09. The van der Waals surface area contributed by atoms with E-state index < -0.39 is 0 Å². The van der Waals surface area contributed by atoms with Crippen LogP contribution in [0.2, 0.25) is 0 Å². The molecule has 0 spiro atoms. The topological polar surface area (TPSA) is 31.6 Å². The molecule has 1 aromatic heterocycles. The Bertz CT molecular complexity index is 544. The summed E-state index contributed by atoms with van der Waals surface area (Å²) in [6.45, 7) is 0. The Morgan fingerprint density at radius 2 is 1.76 bits per heavy atom. The van der Waals surface area contributed by atoms with Gasteiger partial charge in [-0.25, -0.2) is 0 Å². The zero-order valence-corrected chi connectivity index (χ0v) is 10.5. The van der Waals surface area contributed by atoms with Gasteiger partial charge in [-0.05, 0) is 42.1 Å². The number of benzene rings is 1. The summed E-state index contributed by atoms with van der Waals surface area (Å²) in [6, 6.07) is 8.88. The molecule has 2 N–H and O–H groups in total. The minimum Gasteiger partial charge on any atom is -0.337 e. The minimum atomic E-state index is 0.680. The Morgan fingerprint density at radius 3 is 2.35 bits per heavy atom. The molecule has 88 valence electrons. The molecule has 0 amide bonds. The normalized spacial score (nSPS) is 16.5. The lowest BCUT2D eigenvalue weighted by molar-refractivity contribution is 0.723. The smallest absolute Gasteiger partial charge is 0.174 e. The van der Waals surface area contributed by atoms with Crippen molar-refractivity contribution in [2.75, 3.05) is 0 Å². The van der Waals surface area contributed by atoms with Crippen LogP contribution in [0, 0.1) is 4.77 Å². The second kappa shape index (κ2) is 4.49. The van der Waals surface area contributed by atoms with Crippen molar-refractivity contribution < 1.29 is 0 Å². The lowest BCUT2D eigenvalue weighted by atomic mass is 9.96. The molecule has 3 heteroatoms. The first-order chi connectivity index (χ1) is 8.33. The molecule has 1 heterocycles. The molecular formula is C14H16N2S. The quantitative estimate of drug-likeness (QED) is 0.754. The van der Waals surface area contributed by atoms with Gasteiger partial charge in [-0.15, -0.1) is 0 Å². The molecule has 0 unspecified atom stereocenters. The van der Waals surface area contributed by atoms with Gasteiger partial charge >= 0.3 is 0 Å². The highest BCUT2D eigenvalue weighted by Crippen LogP contribution is 2.34. The molecule has 0 bridgehead atoms. The summed E-state index contributed by atoms with van der Waals surface area (Å²) in [6.07, 6.45) is 7.40. The highest BCUT2D eigenvalue weighted by Gasteiger charge is 2.16. The number of H-pyrrole nitrogens is 2. The Hall–Kier alpha value is -1.35. The Kier molecular flexibility index (Phi) is 2.85. The minimum absolute atomic E-state index is 0.680. The standard InChI is InChI=1S/C14H16N2S/c17-14-15-9-13(16-14)12-7-5-11(6-8-12)10-3-1-2-4-10/h5-10H,1-4H2,(H2,15,16,17). The van der Waals surface area contributed by atoms with Gasteiger partial charge in [0.2, 0.25) is 0 Å². The number of imidazole rings is 1. The fraction of sp³-hybridized carbons (Fsp3) is 0.357. The number of hydrogen-bond donors (Lipinski definition) is 2. The number of aromatic nitrogens is 2. The van der Waals surface area contributed by atoms with Gasteiger partial charge in [-0.1, -0.05) is 37.1 Å². The molecule has 1 aromatic carbocycles. The third-order valence-corrected chi connectivity index (χ3v) is 3.86. The maximum absolute atomic E-state index is 5.03. The van der Waals surface area contributed by atoms with Gasteiger partial charge in [0.1, 0.15) is 0 Å². The Morgan fingerprint density at radius 1 is 1.06 bits per heavy atom. The number of hydrogen-bond acceptors (Lipinski definition) is 1. The summed E-state index contributed by atoms with van der Waals surface area (Å²) in [5.74, 6) is 0.786. The molecule has 1 aliphatic carbocycles. The van der Waals surface area contributed by atoms with Crippen molar-refractivity contribution in [2.24, 2.45) is 0 Å². The van der Waals surface area contributed by atoms with Gasteiger partial charge in [-0.3, -0.25) is 0 Å². The summed E-state index contributed by atoms with van der Waals surface area (Å²) < 4.78 is 0.680. The van der Waals surface area contributed by atoms with Crippen molar-refractivity contribution in [3.63, 3.8) is 0 Å². The predicted molar refractivity (Wildman–Crippen MR) is 72.6 cm³/mol. The molecule has 1 aliphatic rings. The summed E-state index contributed by atoms with van der Waals surface area (Å²) in [5.41, 5.74) is 3.74. The van der Waals surface area contributed by atoms with Crippen LogP contribution in [-0.4, -0.2) is 9.97 Å². The van der Waals surface area contributed by atoms with E-state index in [9.17, 15) is 0 Å². The largest absolute Gasteiger partial charge is 0.337 e.